The third-order valence-electron chi connectivity index (χ3n) is 5.33. The number of anilines is 3. The molecule has 4 aromatic rings. The molecule has 0 saturated carbocycles. The van der Waals surface area contributed by atoms with E-state index in [9.17, 15) is 0 Å². The van der Waals surface area contributed by atoms with E-state index in [-0.39, 0.29) is 0 Å². The predicted molar refractivity (Wildman–Crippen MR) is 133 cm³/mol. The molecule has 4 aromatic carbocycles. The molecule has 0 aromatic heterocycles. The fourth-order valence-electron chi connectivity index (χ4n) is 3.66. The lowest BCUT2D eigenvalue weighted by Crippen LogP contribution is -2.09. The van der Waals surface area contributed by atoms with Gasteiger partial charge in [0.2, 0.25) is 0 Å². The normalized spacial score (nSPS) is 10.7. The van der Waals surface area contributed by atoms with Crippen LogP contribution in [0.3, 0.4) is 0 Å². The van der Waals surface area contributed by atoms with Crippen LogP contribution in [0.25, 0.3) is 11.1 Å². The molecule has 0 amide bonds. The van der Waals surface area contributed by atoms with Gasteiger partial charge in [0, 0.05) is 21.5 Å². The van der Waals surface area contributed by atoms with Crippen LogP contribution in [0.15, 0.2) is 108 Å². The maximum Gasteiger partial charge on any atom is 0.0462 e. The second-order valence-corrected chi connectivity index (χ2v) is 8.41. The lowest BCUT2D eigenvalue weighted by Gasteiger charge is -2.26. The predicted octanol–water partition coefficient (Wildman–Crippen LogP) is 8.93. The van der Waals surface area contributed by atoms with Crippen LogP contribution in [0.2, 0.25) is 0 Å². The molecule has 0 aliphatic heterocycles. The molecule has 2 heteroatoms. The SMILES string of the molecule is CCCCc1ccc(N(c2ccccc2)c2ccc(-c3ccc(Br)cc3)cc2)cc1. The van der Waals surface area contributed by atoms with Gasteiger partial charge in [-0.2, -0.15) is 0 Å². The van der Waals surface area contributed by atoms with Crippen LogP contribution in [-0.4, -0.2) is 0 Å². The minimum Gasteiger partial charge on any atom is -0.311 e. The first kappa shape index (κ1) is 20.4. The molecule has 0 N–H and O–H groups in total. The van der Waals surface area contributed by atoms with Crippen molar-refractivity contribution in [3.05, 3.63) is 113 Å². The molecule has 0 unspecified atom stereocenters. The largest absolute Gasteiger partial charge is 0.311 e. The van der Waals surface area contributed by atoms with Crippen molar-refractivity contribution in [2.75, 3.05) is 4.90 Å². The lowest BCUT2D eigenvalue weighted by atomic mass is 10.0. The van der Waals surface area contributed by atoms with Gasteiger partial charge < -0.3 is 4.90 Å². The summed E-state index contributed by atoms with van der Waals surface area (Å²) in [6, 6.07) is 36.8. The molecule has 0 aliphatic rings. The summed E-state index contributed by atoms with van der Waals surface area (Å²) in [5.41, 5.74) is 7.33. The Labute approximate surface area is 188 Å². The average molecular weight is 456 g/mol. The first-order chi connectivity index (χ1) is 14.7. The zero-order valence-electron chi connectivity index (χ0n) is 17.3. The summed E-state index contributed by atoms with van der Waals surface area (Å²) >= 11 is 3.51. The second kappa shape index (κ2) is 9.77. The summed E-state index contributed by atoms with van der Waals surface area (Å²) in [5.74, 6) is 0. The molecular formula is C28H26BrN. The molecule has 0 spiro atoms. The Balaban J connectivity index is 1.67. The van der Waals surface area contributed by atoms with Gasteiger partial charge in [0.25, 0.3) is 0 Å². The van der Waals surface area contributed by atoms with Crippen molar-refractivity contribution < 1.29 is 0 Å². The zero-order chi connectivity index (χ0) is 20.8. The molecule has 0 aliphatic carbocycles. The van der Waals surface area contributed by atoms with E-state index in [1.54, 1.807) is 0 Å². The van der Waals surface area contributed by atoms with Crippen molar-refractivity contribution in [2.24, 2.45) is 0 Å². The smallest absolute Gasteiger partial charge is 0.0462 e. The Morgan fingerprint density at radius 3 is 1.67 bits per heavy atom. The number of para-hydroxylation sites is 1. The van der Waals surface area contributed by atoms with Gasteiger partial charge in [0.1, 0.15) is 0 Å². The topological polar surface area (TPSA) is 3.24 Å². The van der Waals surface area contributed by atoms with Gasteiger partial charge >= 0.3 is 0 Å². The summed E-state index contributed by atoms with van der Waals surface area (Å²) in [4.78, 5) is 2.31. The Bertz CT molecular complexity index is 1050. The number of aryl methyl sites for hydroxylation is 1. The number of benzene rings is 4. The fraction of sp³-hybridized carbons (Fsp3) is 0.143. The van der Waals surface area contributed by atoms with Crippen molar-refractivity contribution in [1.29, 1.82) is 0 Å². The van der Waals surface area contributed by atoms with Crippen molar-refractivity contribution in [2.45, 2.75) is 26.2 Å². The zero-order valence-corrected chi connectivity index (χ0v) is 18.8. The molecule has 0 atom stereocenters. The Kier molecular flexibility index (Phi) is 6.66. The minimum atomic E-state index is 1.10. The highest BCUT2D eigenvalue weighted by Gasteiger charge is 2.12. The molecule has 0 radical (unpaired) electrons. The van der Waals surface area contributed by atoms with E-state index in [1.807, 2.05) is 0 Å². The van der Waals surface area contributed by atoms with Crippen LogP contribution >= 0.6 is 15.9 Å². The molecule has 1 nitrogen and oxygen atoms in total. The highest BCUT2D eigenvalue weighted by atomic mass is 79.9. The van der Waals surface area contributed by atoms with Crippen LogP contribution in [0.4, 0.5) is 17.1 Å². The first-order valence-corrected chi connectivity index (χ1v) is 11.3. The van der Waals surface area contributed by atoms with Gasteiger partial charge in [0.15, 0.2) is 0 Å². The first-order valence-electron chi connectivity index (χ1n) is 10.5. The van der Waals surface area contributed by atoms with Gasteiger partial charge in [-0.25, -0.2) is 0 Å². The van der Waals surface area contributed by atoms with Crippen LogP contribution in [0, 0.1) is 0 Å². The van der Waals surface area contributed by atoms with Gasteiger partial charge in [-0.1, -0.05) is 83.9 Å². The monoisotopic (exact) mass is 455 g/mol. The molecule has 0 heterocycles. The molecule has 4 rings (SSSR count). The number of nitrogens with zero attached hydrogens (tertiary/aromatic N) is 1. The van der Waals surface area contributed by atoms with Gasteiger partial charge in [0.05, 0.1) is 0 Å². The van der Waals surface area contributed by atoms with E-state index in [0.717, 1.165) is 22.3 Å². The van der Waals surface area contributed by atoms with Gasteiger partial charge in [-0.3, -0.25) is 0 Å². The molecule has 0 fully saturated rings. The maximum atomic E-state index is 3.51. The average Bonchev–Trinajstić information content (AvgIpc) is 2.80. The lowest BCUT2D eigenvalue weighted by molar-refractivity contribution is 0.795. The van der Waals surface area contributed by atoms with E-state index in [1.165, 1.54) is 35.2 Å². The maximum absolute atomic E-state index is 3.51. The Morgan fingerprint density at radius 2 is 1.10 bits per heavy atom. The quantitative estimate of drug-likeness (QED) is 0.268. The van der Waals surface area contributed by atoms with Crippen LogP contribution in [0.1, 0.15) is 25.3 Å². The van der Waals surface area contributed by atoms with Crippen molar-refractivity contribution in [3.63, 3.8) is 0 Å². The molecule has 30 heavy (non-hydrogen) atoms. The highest BCUT2D eigenvalue weighted by molar-refractivity contribution is 9.10. The Morgan fingerprint density at radius 1 is 0.600 bits per heavy atom. The summed E-state index contributed by atoms with van der Waals surface area (Å²) < 4.78 is 1.10. The molecule has 0 bridgehead atoms. The van der Waals surface area contributed by atoms with Crippen molar-refractivity contribution in [3.8, 4) is 11.1 Å². The van der Waals surface area contributed by atoms with E-state index >= 15 is 0 Å². The number of hydrogen-bond acceptors (Lipinski definition) is 1. The van der Waals surface area contributed by atoms with Crippen molar-refractivity contribution >= 4 is 33.0 Å². The highest BCUT2D eigenvalue weighted by Crippen LogP contribution is 2.35. The summed E-state index contributed by atoms with van der Waals surface area (Å²) in [6.07, 6.45) is 3.60. The van der Waals surface area contributed by atoms with Gasteiger partial charge in [-0.05, 0) is 78.1 Å². The fourth-order valence-corrected chi connectivity index (χ4v) is 3.93. The number of unbranched alkanes of at least 4 members (excludes halogenated alkanes) is 1. The summed E-state index contributed by atoms with van der Waals surface area (Å²) in [5, 5.41) is 0. The third kappa shape index (κ3) is 4.83. The van der Waals surface area contributed by atoms with E-state index in [4.69, 9.17) is 0 Å². The number of rotatable bonds is 7. The van der Waals surface area contributed by atoms with E-state index in [2.05, 4.69) is 131 Å². The molecule has 150 valence electrons. The van der Waals surface area contributed by atoms with Gasteiger partial charge in [-0.15, -0.1) is 0 Å². The summed E-state index contributed by atoms with van der Waals surface area (Å²) in [6.45, 7) is 2.24. The number of halogens is 1. The third-order valence-corrected chi connectivity index (χ3v) is 5.86. The minimum absolute atomic E-state index is 1.10. The van der Waals surface area contributed by atoms with Crippen LogP contribution in [0.5, 0.6) is 0 Å². The van der Waals surface area contributed by atoms with E-state index in [0.29, 0.717) is 0 Å². The standard InChI is InChI=1S/C28H26BrN/c1-2-3-7-22-10-18-27(19-11-22)30(26-8-5-4-6-9-26)28-20-14-24(15-21-28)23-12-16-25(29)17-13-23/h4-6,8-21H,2-3,7H2,1H3. The molecule has 0 saturated heterocycles. The number of hydrogen-bond donors (Lipinski definition) is 0. The van der Waals surface area contributed by atoms with E-state index < -0.39 is 0 Å². The van der Waals surface area contributed by atoms with Crippen molar-refractivity contribution in [1.82, 2.24) is 0 Å². The van der Waals surface area contributed by atoms with Crippen LogP contribution in [-0.2, 0) is 6.42 Å². The second-order valence-electron chi connectivity index (χ2n) is 7.49. The summed E-state index contributed by atoms with van der Waals surface area (Å²) in [7, 11) is 0. The Hall–Kier alpha value is -2.84. The van der Waals surface area contributed by atoms with Crippen LogP contribution < -0.4 is 4.90 Å². The molecular weight excluding hydrogens is 430 g/mol.